The van der Waals surface area contributed by atoms with Crippen LogP contribution in [0.5, 0.6) is 0 Å². The van der Waals surface area contributed by atoms with Crippen molar-refractivity contribution < 1.29 is 9.59 Å². The molecule has 1 aliphatic rings. The van der Waals surface area contributed by atoms with E-state index < -0.39 is 0 Å². The molecule has 0 aliphatic carbocycles. The van der Waals surface area contributed by atoms with Gasteiger partial charge in [0, 0.05) is 17.9 Å². The number of anilines is 2. The van der Waals surface area contributed by atoms with Crippen LogP contribution in [0.1, 0.15) is 25.3 Å². The summed E-state index contributed by atoms with van der Waals surface area (Å²) in [7, 11) is 0. The van der Waals surface area contributed by atoms with Crippen LogP contribution >= 0.6 is 0 Å². The average Bonchev–Trinajstić information content (AvgIpc) is 2.74. The smallest absolute Gasteiger partial charge is 0.241 e. The standard InChI is InChI=1S/C22H24N4O2/c1-16(21(27)24-20-11-9-17(14-23)10-12-20)26-13-5-6-18(15-26)22(28)25-19-7-3-2-4-8-19/h2-4,7-12,16,18H,5-6,13,15H2,1H3,(H,24,27)(H,25,28)/t16-,18+/m0/s1. The van der Waals surface area contributed by atoms with Gasteiger partial charge in [-0.15, -0.1) is 0 Å². The molecule has 3 rings (SSSR count). The molecule has 0 bridgehead atoms. The van der Waals surface area contributed by atoms with Gasteiger partial charge in [-0.3, -0.25) is 14.5 Å². The molecule has 1 saturated heterocycles. The Labute approximate surface area is 165 Å². The molecule has 6 heteroatoms. The molecule has 2 N–H and O–H groups in total. The van der Waals surface area contributed by atoms with Gasteiger partial charge in [-0.25, -0.2) is 0 Å². The highest BCUT2D eigenvalue weighted by Gasteiger charge is 2.30. The van der Waals surface area contributed by atoms with Gasteiger partial charge in [0.2, 0.25) is 11.8 Å². The molecule has 2 atom stereocenters. The molecular formula is C22H24N4O2. The second-order valence-electron chi connectivity index (χ2n) is 7.04. The fourth-order valence-corrected chi connectivity index (χ4v) is 3.38. The third-order valence-electron chi connectivity index (χ3n) is 5.07. The van der Waals surface area contributed by atoms with Crippen molar-refractivity contribution in [1.29, 1.82) is 5.26 Å². The van der Waals surface area contributed by atoms with E-state index in [1.54, 1.807) is 24.3 Å². The highest BCUT2D eigenvalue weighted by molar-refractivity contribution is 5.95. The van der Waals surface area contributed by atoms with Gasteiger partial charge in [0.25, 0.3) is 0 Å². The number of para-hydroxylation sites is 1. The molecule has 2 amide bonds. The number of carbonyl (C=O) groups is 2. The number of nitriles is 1. The predicted octanol–water partition coefficient (Wildman–Crippen LogP) is 3.24. The number of hydrogen-bond donors (Lipinski definition) is 2. The average molecular weight is 376 g/mol. The molecule has 2 aromatic rings. The summed E-state index contributed by atoms with van der Waals surface area (Å²) in [4.78, 5) is 27.3. The zero-order valence-electron chi connectivity index (χ0n) is 15.9. The van der Waals surface area contributed by atoms with E-state index >= 15 is 0 Å². The number of rotatable bonds is 5. The van der Waals surface area contributed by atoms with Crippen molar-refractivity contribution >= 4 is 23.2 Å². The quantitative estimate of drug-likeness (QED) is 0.839. The van der Waals surface area contributed by atoms with Crippen molar-refractivity contribution in [2.45, 2.75) is 25.8 Å². The van der Waals surface area contributed by atoms with Crippen LogP contribution in [0.4, 0.5) is 11.4 Å². The number of carbonyl (C=O) groups excluding carboxylic acids is 2. The zero-order chi connectivity index (χ0) is 19.9. The highest BCUT2D eigenvalue weighted by Crippen LogP contribution is 2.21. The monoisotopic (exact) mass is 376 g/mol. The summed E-state index contributed by atoms with van der Waals surface area (Å²) in [6.45, 7) is 3.20. The summed E-state index contributed by atoms with van der Waals surface area (Å²) in [5.41, 5.74) is 2.00. The second-order valence-corrected chi connectivity index (χ2v) is 7.04. The van der Waals surface area contributed by atoms with Gasteiger partial charge < -0.3 is 10.6 Å². The van der Waals surface area contributed by atoms with Crippen LogP contribution in [-0.2, 0) is 9.59 Å². The second kappa shape index (κ2) is 9.16. The number of piperidine rings is 1. The Kier molecular flexibility index (Phi) is 6.41. The van der Waals surface area contributed by atoms with Crippen LogP contribution in [0.25, 0.3) is 0 Å². The largest absolute Gasteiger partial charge is 0.326 e. The van der Waals surface area contributed by atoms with Crippen molar-refractivity contribution in [3.05, 3.63) is 60.2 Å². The number of likely N-dealkylation sites (tertiary alicyclic amines) is 1. The van der Waals surface area contributed by atoms with E-state index in [1.165, 1.54) is 0 Å². The van der Waals surface area contributed by atoms with Crippen LogP contribution in [0, 0.1) is 17.2 Å². The van der Waals surface area contributed by atoms with Crippen molar-refractivity contribution in [2.24, 2.45) is 5.92 Å². The van der Waals surface area contributed by atoms with Gasteiger partial charge in [0.15, 0.2) is 0 Å². The number of benzene rings is 2. The van der Waals surface area contributed by atoms with E-state index in [-0.39, 0.29) is 23.8 Å². The topological polar surface area (TPSA) is 85.2 Å². The van der Waals surface area contributed by atoms with Gasteiger partial charge in [-0.2, -0.15) is 5.26 Å². The maximum atomic E-state index is 12.6. The summed E-state index contributed by atoms with van der Waals surface area (Å²) in [5, 5.41) is 14.7. The number of hydrogen-bond acceptors (Lipinski definition) is 4. The lowest BCUT2D eigenvalue weighted by atomic mass is 9.95. The Bertz CT molecular complexity index is 858. The number of nitrogens with one attached hydrogen (secondary N) is 2. The molecule has 0 aromatic heterocycles. The lowest BCUT2D eigenvalue weighted by molar-refractivity contribution is -0.125. The van der Waals surface area contributed by atoms with Gasteiger partial charge in [0.1, 0.15) is 0 Å². The predicted molar refractivity (Wildman–Crippen MR) is 109 cm³/mol. The number of nitrogens with zero attached hydrogens (tertiary/aromatic N) is 2. The van der Waals surface area contributed by atoms with Crippen LogP contribution < -0.4 is 10.6 Å². The maximum absolute atomic E-state index is 12.6. The van der Waals surface area contributed by atoms with E-state index in [0.29, 0.717) is 17.8 Å². The van der Waals surface area contributed by atoms with Crippen LogP contribution in [0.2, 0.25) is 0 Å². The van der Waals surface area contributed by atoms with Gasteiger partial charge in [0.05, 0.1) is 23.6 Å². The molecule has 0 unspecified atom stereocenters. The van der Waals surface area contributed by atoms with Crippen LogP contribution in [0.3, 0.4) is 0 Å². The maximum Gasteiger partial charge on any atom is 0.241 e. The van der Waals surface area contributed by atoms with Gasteiger partial charge in [-0.1, -0.05) is 18.2 Å². The Hall–Kier alpha value is -3.17. The molecular weight excluding hydrogens is 352 g/mol. The first-order chi connectivity index (χ1) is 13.6. The SMILES string of the molecule is C[C@@H](C(=O)Nc1ccc(C#N)cc1)N1CCC[C@@H](C(=O)Nc2ccccc2)C1. The summed E-state index contributed by atoms with van der Waals surface area (Å²) in [6.07, 6.45) is 1.69. The molecule has 0 saturated carbocycles. The lowest BCUT2D eigenvalue weighted by Crippen LogP contribution is -2.49. The lowest BCUT2D eigenvalue weighted by Gasteiger charge is -2.35. The molecule has 28 heavy (non-hydrogen) atoms. The third kappa shape index (κ3) is 4.96. The summed E-state index contributed by atoms with van der Waals surface area (Å²) >= 11 is 0. The molecule has 1 fully saturated rings. The minimum absolute atomic E-state index is 0.00407. The van der Waals surface area contributed by atoms with Crippen molar-refractivity contribution in [3.63, 3.8) is 0 Å². The molecule has 144 valence electrons. The Morgan fingerprint density at radius 3 is 2.43 bits per heavy atom. The molecule has 1 heterocycles. The first-order valence-electron chi connectivity index (χ1n) is 9.48. The fraction of sp³-hybridized carbons (Fsp3) is 0.318. The summed E-state index contributed by atoms with van der Waals surface area (Å²) in [6, 6.07) is 17.9. The van der Waals surface area contributed by atoms with E-state index in [0.717, 1.165) is 25.1 Å². The molecule has 0 radical (unpaired) electrons. The first-order valence-corrected chi connectivity index (χ1v) is 9.48. The van der Waals surface area contributed by atoms with Gasteiger partial charge in [-0.05, 0) is 62.7 Å². The Balaban J connectivity index is 1.57. The zero-order valence-corrected chi connectivity index (χ0v) is 15.9. The van der Waals surface area contributed by atoms with E-state index in [9.17, 15) is 9.59 Å². The van der Waals surface area contributed by atoms with Gasteiger partial charge >= 0.3 is 0 Å². The summed E-state index contributed by atoms with van der Waals surface area (Å²) in [5.74, 6) is -0.261. The molecule has 2 aromatic carbocycles. The Morgan fingerprint density at radius 2 is 1.75 bits per heavy atom. The Morgan fingerprint density at radius 1 is 1.07 bits per heavy atom. The molecule has 6 nitrogen and oxygen atoms in total. The van der Waals surface area contributed by atoms with Crippen molar-refractivity contribution in [2.75, 3.05) is 23.7 Å². The third-order valence-corrected chi connectivity index (χ3v) is 5.07. The minimum atomic E-state index is -0.344. The molecule has 1 aliphatic heterocycles. The molecule has 0 spiro atoms. The minimum Gasteiger partial charge on any atom is -0.326 e. The van der Waals surface area contributed by atoms with E-state index in [2.05, 4.69) is 21.6 Å². The van der Waals surface area contributed by atoms with Crippen LogP contribution in [0.15, 0.2) is 54.6 Å². The van der Waals surface area contributed by atoms with Crippen LogP contribution in [-0.4, -0.2) is 35.8 Å². The van der Waals surface area contributed by atoms with Crippen molar-refractivity contribution in [3.8, 4) is 6.07 Å². The highest BCUT2D eigenvalue weighted by atomic mass is 16.2. The van der Waals surface area contributed by atoms with E-state index in [1.807, 2.05) is 37.3 Å². The van der Waals surface area contributed by atoms with Crippen molar-refractivity contribution in [1.82, 2.24) is 4.90 Å². The summed E-state index contributed by atoms with van der Waals surface area (Å²) < 4.78 is 0. The number of amides is 2. The fourth-order valence-electron chi connectivity index (χ4n) is 3.38. The first kappa shape index (κ1) is 19.6. The van der Waals surface area contributed by atoms with E-state index in [4.69, 9.17) is 5.26 Å². The normalized spacial score (nSPS) is 17.9.